The Morgan fingerprint density at radius 2 is 1.88 bits per heavy atom. The standard InChI is InChI=1S/C19H20N2O3/c1-24-17-9-5-8-14(19(17)23)16-12-15(13-6-3-2-4-7-13)20-11-10-18(22)21(16)20/h2-9,15-16,23H,10-12H2,1H3/t15-,16-/m1/s1. The van der Waals surface area contributed by atoms with E-state index in [0.717, 1.165) is 18.5 Å². The number of hydrogen-bond donors (Lipinski definition) is 1. The summed E-state index contributed by atoms with van der Waals surface area (Å²) in [5, 5.41) is 14.5. The second-order valence-electron chi connectivity index (χ2n) is 6.23. The molecule has 5 nitrogen and oxygen atoms in total. The largest absolute Gasteiger partial charge is 0.504 e. The molecule has 2 saturated heterocycles. The number of amides is 1. The van der Waals surface area contributed by atoms with Crippen LogP contribution in [-0.2, 0) is 4.79 Å². The zero-order valence-electron chi connectivity index (χ0n) is 13.6. The second kappa shape index (κ2) is 5.83. The monoisotopic (exact) mass is 324 g/mol. The molecule has 24 heavy (non-hydrogen) atoms. The van der Waals surface area contributed by atoms with Gasteiger partial charge >= 0.3 is 0 Å². The summed E-state index contributed by atoms with van der Waals surface area (Å²) in [6.07, 6.45) is 1.28. The van der Waals surface area contributed by atoms with Gasteiger partial charge in [-0.3, -0.25) is 9.80 Å². The van der Waals surface area contributed by atoms with Crippen molar-refractivity contribution in [2.45, 2.75) is 24.9 Å². The minimum atomic E-state index is -0.166. The van der Waals surface area contributed by atoms with E-state index in [-0.39, 0.29) is 23.7 Å². The summed E-state index contributed by atoms with van der Waals surface area (Å²) in [6.45, 7) is 0.722. The Bertz CT molecular complexity index is 762. The Hall–Kier alpha value is -2.53. The summed E-state index contributed by atoms with van der Waals surface area (Å²) >= 11 is 0. The molecular weight excluding hydrogens is 304 g/mol. The molecule has 0 unspecified atom stereocenters. The molecule has 4 rings (SSSR count). The van der Waals surface area contributed by atoms with Crippen molar-refractivity contribution in [2.24, 2.45) is 0 Å². The molecule has 2 heterocycles. The first kappa shape index (κ1) is 15.0. The topological polar surface area (TPSA) is 53.0 Å². The van der Waals surface area contributed by atoms with Crippen molar-refractivity contribution >= 4 is 5.91 Å². The summed E-state index contributed by atoms with van der Waals surface area (Å²) in [4.78, 5) is 12.5. The van der Waals surface area contributed by atoms with Crippen LogP contribution in [0.25, 0.3) is 0 Å². The number of ether oxygens (including phenoxy) is 1. The van der Waals surface area contributed by atoms with Crippen LogP contribution in [0, 0.1) is 0 Å². The number of para-hydroxylation sites is 1. The van der Waals surface area contributed by atoms with Crippen LogP contribution in [-0.4, -0.2) is 34.7 Å². The molecule has 1 N–H and O–H groups in total. The van der Waals surface area contributed by atoms with Crippen molar-refractivity contribution in [1.82, 2.24) is 10.0 Å². The van der Waals surface area contributed by atoms with Gasteiger partial charge in [-0.05, 0) is 18.1 Å². The first-order chi connectivity index (χ1) is 11.7. The third kappa shape index (κ3) is 2.24. The highest BCUT2D eigenvalue weighted by molar-refractivity contribution is 5.79. The van der Waals surface area contributed by atoms with Gasteiger partial charge in [-0.25, -0.2) is 5.01 Å². The van der Waals surface area contributed by atoms with E-state index < -0.39 is 0 Å². The summed E-state index contributed by atoms with van der Waals surface area (Å²) < 4.78 is 5.23. The Labute approximate surface area is 141 Å². The highest BCUT2D eigenvalue weighted by atomic mass is 16.5. The molecule has 0 bridgehead atoms. The molecule has 0 radical (unpaired) electrons. The number of fused-ring (bicyclic) bond motifs is 1. The number of phenolic OH excluding ortho intramolecular Hbond substituents is 1. The fraction of sp³-hybridized carbons (Fsp3) is 0.316. The Kier molecular flexibility index (Phi) is 3.65. The van der Waals surface area contributed by atoms with Crippen molar-refractivity contribution in [3.63, 3.8) is 0 Å². The molecular formula is C19H20N2O3. The lowest BCUT2D eigenvalue weighted by Gasteiger charge is -2.28. The molecule has 0 aromatic heterocycles. The predicted molar refractivity (Wildman–Crippen MR) is 89.4 cm³/mol. The third-order valence-corrected chi connectivity index (χ3v) is 4.98. The van der Waals surface area contributed by atoms with Gasteiger partial charge in [-0.2, -0.15) is 0 Å². The molecule has 124 valence electrons. The second-order valence-corrected chi connectivity index (χ2v) is 6.23. The fourth-order valence-electron chi connectivity index (χ4n) is 3.88. The van der Waals surface area contributed by atoms with Crippen LogP contribution >= 0.6 is 0 Å². The maximum Gasteiger partial charge on any atom is 0.238 e. The SMILES string of the molecule is COc1cccc([C@H]2C[C@H](c3ccccc3)N3CCC(=O)N23)c1O. The van der Waals surface area contributed by atoms with E-state index >= 15 is 0 Å². The molecule has 2 aliphatic heterocycles. The smallest absolute Gasteiger partial charge is 0.238 e. The van der Waals surface area contributed by atoms with Crippen molar-refractivity contribution in [3.05, 3.63) is 59.7 Å². The van der Waals surface area contributed by atoms with Gasteiger partial charge in [0.15, 0.2) is 11.5 Å². The van der Waals surface area contributed by atoms with E-state index in [1.807, 2.05) is 35.3 Å². The molecule has 2 fully saturated rings. The molecule has 2 aromatic carbocycles. The molecule has 2 aromatic rings. The molecule has 0 spiro atoms. The van der Waals surface area contributed by atoms with Crippen LogP contribution in [0.2, 0.25) is 0 Å². The average molecular weight is 324 g/mol. The number of rotatable bonds is 3. The van der Waals surface area contributed by atoms with Crippen LogP contribution in [0.15, 0.2) is 48.5 Å². The average Bonchev–Trinajstić information content (AvgIpc) is 3.17. The van der Waals surface area contributed by atoms with Gasteiger partial charge in [0.1, 0.15) is 0 Å². The van der Waals surface area contributed by atoms with Crippen molar-refractivity contribution in [2.75, 3.05) is 13.7 Å². The van der Waals surface area contributed by atoms with Gasteiger partial charge in [0.25, 0.3) is 0 Å². The maximum absolute atomic E-state index is 12.5. The lowest BCUT2D eigenvalue weighted by Crippen LogP contribution is -2.35. The summed E-state index contributed by atoms with van der Waals surface area (Å²) in [5.74, 6) is 0.674. The van der Waals surface area contributed by atoms with Crippen molar-refractivity contribution in [3.8, 4) is 11.5 Å². The number of benzene rings is 2. The number of nitrogens with zero attached hydrogens (tertiary/aromatic N) is 2. The van der Waals surface area contributed by atoms with E-state index in [1.54, 1.807) is 6.07 Å². The molecule has 2 atom stereocenters. The van der Waals surface area contributed by atoms with Gasteiger partial charge in [0.05, 0.1) is 19.2 Å². The van der Waals surface area contributed by atoms with Gasteiger partial charge in [-0.15, -0.1) is 0 Å². The molecule has 0 saturated carbocycles. The third-order valence-electron chi connectivity index (χ3n) is 4.98. The molecule has 2 aliphatic rings. The Balaban J connectivity index is 1.75. The molecule has 0 aliphatic carbocycles. The Morgan fingerprint density at radius 3 is 2.62 bits per heavy atom. The van der Waals surface area contributed by atoms with E-state index in [1.165, 1.54) is 12.7 Å². The first-order valence-corrected chi connectivity index (χ1v) is 8.20. The summed E-state index contributed by atoms with van der Waals surface area (Å²) in [7, 11) is 1.54. The van der Waals surface area contributed by atoms with Gasteiger partial charge in [-0.1, -0.05) is 42.5 Å². The van der Waals surface area contributed by atoms with Gasteiger partial charge < -0.3 is 9.84 Å². The number of phenols is 1. The number of carbonyl (C=O) groups is 1. The zero-order chi connectivity index (χ0) is 16.7. The van der Waals surface area contributed by atoms with Crippen LogP contribution < -0.4 is 4.74 Å². The highest BCUT2D eigenvalue weighted by Crippen LogP contribution is 2.49. The summed E-state index contributed by atoms with van der Waals surface area (Å²) in [6, 6.07) is 15.7. The van der Waals surface area contributed by atoms with Gasteiger partial charge in [0, 0.05) is 18.5 Å². The molecule has 5 heteroatoms. The number of hydrogen-bond acceptors (Lipinski definition) is 4. The first-order valence-electron chi connectivity index (χ1n) is 8.20. The number of methoxy groups -OCH3 is 1. The number of hydrazine groups is 1. The quantitative estimate of drug-likeness (QED) is 0.943. The fourth-order valence-corrected chi connectivity index (χ4v) is 3.88. The minimum absolute atomic E-state index is 0.112. The normalized spacial score (nSPS) is 23.5. The highest BCUT2D eigenvalue weighted by Gasteiger charge is 2.47. The van der Waals surface area contributed by atoms with Crippen LogP contribution in [0.1, 0.15) is 36.1 Å². The Morgan fingerprint density at radius 1 is 1.08 bits per heavy atom. The summed E-state index contributed by atoms with van der Waals surface area (Å²) in [5.41, 5.74) is 1.94. The van der Waals surface area contributed by atoms with E-state index in [9.17, 15) is 9.90 Å². The van der Waals surface area contributed by atoms with Crippen LogP contribution in [0.5, 0.6) is 11.5 Å². The van der Waals surface area contributed by atoms with E-state index in [0.29, 0.717) is 12.2 Å². The van der Waals surface area contributed by atoms with Crippen molar-refractivity contribution in [1.29, 1.82) is 0 Å². The van der Waals surface area contributed by atoms with Crippen LogP contribution in [0.4, 0.5) is 0 Å². The van der Waals surface area contributed by atoms with Crippen molar-refractivity contribution < 1.29 is 14.6 Å². The number of carbonyl (C=O) groups excluding carboxylic acids is 1. The minimum Gasteiger partial charge on any atom is -0.504 e. The lowest BCUT2D eigenvalue weighted by atomic mass is 9.95. The lowest BCUT2D eigenvalue weighted by molar-refractivity contribution is -0.138. The van der Waals surface area contributed by atoms with E-state index in [4.69, 9.17) is 4.74 Å². The van der Waals surface area contributed by atoms with Gasteiger partial charge in [0.2, 0.25) is 5.91 Å². The van der Waals surface area contributed by atoms with Crippen LogP contribution in [0.3, 0.4) is 0 Å². The molecule has 1 amide bonds. The maximum atomic E-state index is 12.5. The zero-order valence-corrected chi connectivity index (χ0v) is 13.6. The van der Waals surface area contributed by atoms with E-state index in [2.05, 4.69) is 17.1 Å². The number of aromatic hydroxyl groups is 1. The predicted octanol–water partition coefficient (Wildman–Crippen LogP) is 3.04.